The quantitative estimate of drug-likeness (QED) is 0.458. The molecule has 0 fully saturated rings. The first-order valence-corrected chi connectivity index (χ1v) is 10.9. The van der Waals surface area contributed by atoms with Crippen LogP contribution < -0.4 is 19.5 Å². The van der Waals surface area contributed by atoms with Crippen LogP contribution in [0.15, 0.2) is 60.7 Å². The Hall–Kier alpha value is -3.21. The second-order valence-corrected chi connectivity index (χ2v) is 7.33. The molecule has 0 aliphatic rings. The molecule has 0 heterocycles. The third kappa shape index (κ3) is 5.69. The summed E-state index contributed by atoms with van der Waals surface area (Å²) >= 11 is 0. The van der Waals surface area contributed by atoms with E-state index in [4.69, 9.17) is 14.2 Å². The highest BCUT2D eigenvalue weighted by molar-refractivity contribution is 5.84. The van der Waals surface area contributed by atoms with Crippen LogP contribution in [0.1, 0.15) is 45.7 Å². The first-order valence-electron chi connectivity index (χ1n) is 10.9. The molecule has 3 rings (SSSR count). The van der Waals surface area contributed by atoms with E-state index < -0.39 is 6.10 Å². The van der Waals surface area contributed by atoms with Gasteiger partial charge in [0.1, 0.15) is 5.75 Å². The van der Waals surface area contributed by atoms with Gasteiger partial charge in [-0.2, -0.15) is 0 Å². The molecule has 5 heteroatoms. The maximum Gasteiger partial charge on any atom is 0.261 e. The Balaban J connectivity index is 1.69. The molecule has 31 heavy (non-hydrogen) atoms. The second-order valence-electron chi connectivity index (χ2n) is 7.33. The smallest absolute Gasteiger partial charge is 0.261 e. The molecule has 0 radical (unpaired) electrons. The van der Waals surface area contributed by atoms with Gasteiger partial charge in [0.25, 0.3) is 5.91 Å². The average molecular weight is 422 g/mol. The van der Waals surface area contributed by atoms with E-state index >= 15 is 0 Å². The highest BCUT2D eigenvalue weighted by Gasteiger charge is 2.21. The number of rotatable bonds is 10. The molecular weight excluding hydrogens is 390 g/mol. The van der Waals surface area contributed by atoms with Gasteiger partial charge in [-0.25, -0.2) is 0 Å². The summed E-state index contributed by atoms with van der Waals surface area (Å²) in [6.07, 6.45) is -0.00329. The number of benzene rings is 3. The summed E-state index contributed by atoms with van der Waals surface area (Å²) in [4.78, 5) is 12.9. The Morgan fingerprint density at radius 1 is 0.871 bits per heavy atom. The lowest BCUT2D eigenvalue weighted by atomic mass is 10.1. The molecule has 0 aliphatic carbocycles. The molecule has 0 spiro atoms. The van der Waals surface area contributed by atoms with Gasteiger partial charge in [0.2, 0.25) is 0 Å². The lowest BCUT2D eigenvalue weighted by Crippen LogP contribution is -2.39. The fourth-order valence-corrected chi connectivity index (χ4v) is 3.45. The molecule has 5 nitrogen and oxygen atoms in total. The van der Waals surface area contributed by atoms with E-state index in [1.807, 2.05) is 82.3 Å². The highest BCUT2D eigenvalue weighted by atomic mass is 16.5. The summed E-state index contributed by atoms with van der Waals surface area (Å²) in [6.45, 7) is 8.88. The summed E-state index contributed by atoms with van der Waals surface area (Å²) in [5.41, 5.74) is 0.945. The van der Waals surface area contributed by atoms with Crippen molar-refractivity contribution in [2.45, 2.75) is 46.3 Å². The zero-order valence-electron chi connectivity index (χ0n) is 18.7. The Morgan fingerprint density at radius 3 is 2.29 bits per heavy atom. The van der Waals surface area contributed by atoms with Gasteiger partial charge in [0, 0.05) is 0 Å². The van der Waals surface area contributed by atoms with Crippen molar-refractivity contribution in [3.63, 3.8) is 0 Å². The summed E-state index contributed by atoms with van der Waals surface area (Å²) in [7, 11) is 0. The molecule has 0 aromatic heterocycles. The van der Waals surface area contributed by atoms with E-state index in [1.165, 1.54) is 0 Å². The number of hydrogen-bond acceptors (Lipinski definition) is 4. The van der Waals surface area contributed by atoms with Gasteiger partial charge in [-0.15, -0.1) is 0 Å². The van der Waals surface area contributed by atoms with Crippen LogP contribution in [0, 0.1) is 0 Å². The summed E-state index contributed by atoms with van der Waals surface area (Å²) < 4.78 is 17.4. The highest BCUT2D eigenvalue weighted by Crippen LogP contribution is 2.31. The molecule has 1 amide bonds. The predicted octanol–water partition coefficient (Wildman–Crippen LogP) is 5.67. The third-order valence-corrected chi connectivity index (χ3v) is 5.09. The number of ether oxygens (including phenoxy) is 3. The normalized spacial score (nSPS) is 12.8. The van der Waals surface area contributed by atoms with Crippen LogP contribution >= 0.6 is 0 Å². The van der Waals surface area contributed by atoms with Crippen molar-refractivity contribution in [2.75, 3.05) is 13.2 Å². The van der Waals surface area contributed by atoms with Crippen molar-refractivity contribution in [1.29, 1.82) is 0 Å². The molecule has 0 bridgehead atoms. The molecule has 3 aromatic carbocycles. The molecule has 164 valence electrons. The molecule has 0 saturated carbocycles. The maximum atomic E-state index is 12.9. The van der Waals surface area contributed by atoms with Crippen LogP contribution in [0.5, 0.6) is 17.2 Å². The van der Waals surface area contributed by atoms with Crippen molar-refractivity contribution >= 4 is 16.7 Å². The third-order valence-electron chi connectivity index (χ3n) is 5.09. The predicted molar refractivity (Wildman–Crippen MR) is 124 cm³/mol. The number of fused-ring (bicyclic) bond motifs is 1. The zero-order chi connectivity index (χ0) is 22.2. The van der Waals surface area contributed by atoms with Gasteiger partial charge in [0.05, 0.1) is 19.3 Å². The second kappa shape index (κ2) is 10.7. The first-order chi connectivity index (χ1) is 15.0. The van der Waals surface area contributed by atoms with Crippen molar-refractivity contribution in [2.24, 2.45) is 0 Å². The maximum absolute atomic E-state index is 12.9. The lowest BCUT2D eigenvalue weighted by molar-refractivity contribution is -0.128. The molecule has 3 aromatic rings. The standard InChI is InChI=1S/C26H31NO4/c1-5-23(31-22-14-12-19-10-8-9-11-21(19)16-22)26(28)27-18(4)20-13-15-24(29-6-2)25(17-20)30-7-3/h8-18,23H,5-7H2,1-4H3,(H,27,28)/t18-,23-/m0/s1. The van der Waals surface area contributed by atoms with Crippen LogP contribution in [-0.2, 0) is 4.79 Å². The van der Waals surface area contributed by atoms with E-state index in [1.54, 1.807) is 0 Å². The van der Waals surface area contributed by atoms with Crippen LogP contribution in [0.2, 0.25) is 0 Å². The van der Waals surface area contributed by atoms with Crippen molar-refractivity contribution < 1.29 is 19.0 Å². The Labute approximate surface area is 184 Å². The molecule has 1 N–H and O–H groups in total. The molecule has 0 aliphatic heterocycles. The minimum absolute atomic E-state index is 0.144. The van der Waals surface area contributed by atoms with Crippen molar-refractivity contribution in [3.05, 3.63) is 66.2 Å². The monoisotopic (exact) mass is 421 g/mol. The van der Waals surface area contributed by atoms with Crippen LogP contribution in [0.4, 0.5) is 0 Å². The van der Waals surface area contributed by atoms with Crippen LogP contribution in [0.3, 0.4) is 0 Å². The molecule has 0 saturated heterocycles. The van der Waals surface area contributed by atoms with E-state index in [9.17, 15) is 4.79 Å². The first kappa shape index (κ1) is 22.5. The summed E-state index contributed by atoms with van der Waals surface area (Å²) in [6, 6.07) is 19.5. The molecule has 0 unspecified atom stereocenters. The zero-order valence-corrected chi connectivity index (χ0v) is 18.7. The van der Waals surface area contributed by atoms with E-state index in [2.05, 4.69) is 11.4 Å². The van der Waals surface area contributed by atoms with Crippen molar-refractivity contribution in [3.8, 4) is 17.2 Å². The van der Waals surface area contributed by atoms with Crippen molar-refractivity contribution in [1.82, 2.24) is 5.32 Å². The fourth-order valence-electron chi connectivity index (χ4n) is 3.45. The van der Waals surface area contributed by atoms with E-state index in [0.717, 1.165) is 16.3 Å². The van der Waals surface area contributed by atoms with Gasteiger partial charge < -0.3 is 19.5 Å². The fraction of sp³-hybridized carbons (Fsp3) is 0.346. The summed E-state index contributed by atoms with van der Waals surface area (Å²) in [5, 5.41) is 5.29. The van der Waals surface area contributed by atoms with E-state index in [-0.39, 0.29) is 11.9 Å². The summed E-state index contributed by atoms with van der Waals surface area (Å²) in [5.74, 6) is 1.93. The van der Waals surface area contributed by atoms with E-state index in [0.29, 0.717) is 36.9 Å². The minimum atomic E-state index is -0.572. The largest absolute Gasteiger partial charge is 0.490 e. The SMILES string of the molecule is CCOc1ccc([C@H](C)NC(=O)[C@H](CC)Oc2ccc3ccccc3c2)cc1OCC. The molecule has 2 atom stereocenters. The number of nitrogens with one attached hydrogen (secondary N) is 1. The van der Waals surface area contributed by atoms with Gasteiger partial charge in [-0.3, -0.25) is 4.79 Å². The van der Waals surface area contributed by atoms with Crippen LogP contribution in [0.25, 0.3) is 10.8 Å². The minimum Gasteiger partial charge on any atom is -0.490 e. The van der Waals surface area contributed by atoms with Gasteiger partial charge >= 0.3 is 0 Å². The number of amides is 1. The lowest BCUT2D eigenvalue weighted by Gasteiger charge is -2.22. The average Bonchev–Trinajstić information content (AvgIpc) is 2.78. The van der Waals surface area contributed by atoms with Gasteiger partial charge in [0.15, 0.2) is 17.6 Å². The molecular formula is C26H31NO4. The van der Waals surface area contributed by atoms with Gasteiger partial charge in [-0.1, -0.05) is 43.3 Å². The number of hydrogen-bond donors (Lipinski definition) is 1. The topological polar surface area (TPSA) is 56.8 Å². The Bertz CT molecular complexity index is 1020. The number of carbonyl (C=O) groups excluding carboxylic acids is 1. The Morgan fingerprint density at radius 2 is 1.58 bits per heavy atom. The number of carbonyl (C=O) groups is 1. The van der Waals surface area contributed by atoms with Gasteiger partial charge in [-0.05, 0) is 67.8 Å². The van der Waals surface area contributed by atoms with Crippen LogP contribution in [-0.4, -0.2) is 25.2 Å². The Kier molecular flexibility index (Phi) is 7.76.